The van der Waals surface area contributed by atoms with Crippen LogP contribution in [-0.2, 0) is 0 Å². The van der Waals surface area contributed by atoms with E-state index in [-0.39, 0.29) is 10.8 Å². The van der Waals surface area contributed by atoms with Gasteiger partial charge in [0.05, 0.1) is 0 Å². The maximum Gasteiger partial charge on any atom is -0.00133 e. The first kappa shape index (κ1) is 29.7. The minimum atomic E-state index is 0.247. The van der Waals surface area contributed by atoms with Gasteiger partial charge in [-0.05, 0) is 134 Å². The van der Waals surface area contributed by atoms with E-state index in [9.17, 15) is 0 Å². The van der Waals surface area contributed by atoms with Crippen LogP contribution in [0.3, 0.4) is 0 Å². The normalized spacial score (nSPS) is 40.4. The highest BCUT2D eigenvalue weighted by molar-refractivity contribution is 5.50. The molecule has 0 aromatic carbocycles. The molecule has 4 aliphatic rings. The highest BCUT2D eigenvalue weighted by Crippen LogP contribution is 2.73. The molecule has 0 radical (unpaired) electrons. The Hall–Kier alpha value is -1.30. The largest absolute Gasteiger partial charge is 0.100 e. The maximum absolute atomic E-state index is 4.57. The fourth-order valence-electron chi connectivity index (χ4n) is 10.6. The molecule has 0 saturated heterocycles. The molecule has 38 heavy (non-hydrogen) atoms. The zero-order chi connectivity index (χ0) is 28.4. The lowest BCUT2D eigenvalue weighted by molar-refractivity contribution is -0.0342. The van der Waals surface area contributed by atoms with Crippen LogP contribution in [0.5, 0.6) is 0 Å². The van der Waals surface area contributed by atoms with Gasteiger partial charge in [0.2, 0.25) is 0 Å². The zero-order valence-electron chi connectivity index (χ0n) is 26.9. The summed E-state index contributed by atoms with van der Waals surface area (Å²) in [7, 11) is 0. The molecule has 4 aliphatic carbocycles. The van der Waals surface area contributed by atoms with Crippen molar-refractivity contribution < 1.29 is 0 Å². The van der Waals surface area contributed by atoms with Crippen LogP contribution in [-0.4, -0.2) is 0 Å². The van der Waals surface area contributed by atoms with E-state index in [1.807, 2.05) is 0 Å². The molecule has 0 aliphatic heterocycles. The number of rotatable bonds is 8. The summed E-state index contributed by atoms with van der Waals surface area (Å²) in [6, 6.07) is 0. The van der Waals surface area contributed by atoms with Gasteiger partial charge in [0, 0.05) is 0 Å². The van der Waals surface area contributed by atoms with Crippen molar-refractivity contribution in [2.75, 3.05) is 0 Å². The molecule has 0 nitrogen and oxygen atoms in total. The van der Waals surface area contributed by atoms with Crippen LogP contribution < -0.4 is 0 Å². The van der Waals surface area contributed by atoms with Crippen LogP contribution in [0.25, 0.3) is 0 Å². The van der Waals surface area contributed by atoms with Crippen LogP contribution in [0, 0.1) is 57.2 Å². The second-order valence-electron chi connectivity index (χ2n) is 16.1. The molecule has 0 N–H and O–H groups in total. The molecule has 1 unspecified atom stereocenters. The van der Waals surface area contributed by atoms with E-state index in [1.165, 1.54) is 61.7 Å². The summed E-state index contributed by atoms with van der Waals surface area (Å²) in [6.45, 7) is 38.1. The van der Waals surface area contributed by atoms with Crippen molar-refractivity contribution in [1.29, 1.82) is 0 Å². The lowest BCUT2D eigenvalue weighted by Gasteiger charge is -2.62. The van der Waals surface area contributed by atoms with Crippen LogP contribution in [0.2, 0.25) is 0 Å². The molecule has 0 amide bonds. The molecule has 0 aromatic heterocycles. The molecule has 0 spiro atoms. The Morgan fingerprint density at radius 3 is 2.24 bits per heavy atom. The lowest BCUT2D eigenvalue weighted by Crippen LogP contribution is -2.53. The number of hydrogen-bond acceptors (Lipinski definition) is 0. The van der Waals surface area contributed by atoms with Gasteiger partial charge in [0.1, 0.15) is 0 Å². The third kappa shape index (κ3) is 4.39. The fourth-order valence-corrected chi connectivity index (χ4v) is 10.6. The van der Waals surface area contributed by atoms with Gasteiger partial charge in [-0.1, -0.05) is 97.4 Å². The van der Waals surface area contributed by atoms with Crippen LogP contribution >= 0.6 is 0 Å². The third-order valence-corrected chi connectivity index (χ3v) is 13.1. The van der Waals surface area contributed by atoms with Gasteiger partial charge in [-0.15, -0.1) is 6.58 Å². The second kappa shape index (κ2) is 9.96. The molecule has 0 bridgehead atoms. The van der Waals surface area contributed by atoms with Crippen LogP contribution in [0.1, 0.15) is 121 Å². The Morgan fingerprint density at radius 2 is 1.66 bits per heavy atom. The van der Waals surface area contributed by atoms with Gasteiger partial charge in [0.25, 0.3) is 0 Å². The Kier molecular flexibility index (Phi) is 7.78. The van der Waals surface area contributed by atoms with Gasteiger partial charge in [-0.2, -0.15) is 0 Å². The third-order valence-electron chi connectivity index (χ3n) is 13.1. The van der Waals surface area contributed by atoms with E-state index in [2.05, 4.69) is 101 Å². The first-order valence-corrected chi connectivity index (χ1v) is 15.9. The van der Waals surface area contributed by atoms with Gasteiger partial charge in [-0.25, -0.2) is 0 Å². The smallest absolute Gasteiger partial charge is 0.00133 e. The van der Waals surface area contributed by atoms with E-state index in [0.717, 1.165) is 18.3 Å². The van der Waals surface area contributed by atoms with Gasteiger partial charge >= 0.3 is 0 Å². The van der Waals surface area contributed by atoms with Crippen molar-refractivity contribution in [2.45, 2.75) is 121 Å². The SMILES string of the molecule is C=C(C)C[C@H]1CC[C@]2(C)C3=CC[C@]4(C)[C@@H]([C@@H](CCC(=C)C(C)C)C(=C)C)[C@H](C)C[C@@]4(C)C3=CCC2C1(C)C. The Bertz CT molecular complexity index is 1040. The summed E-state index contributed by atoms with van der Waals surface area (Å²) >= 11 is 0. The van der Waals surface area contributed by atoms with Crippen molar-refractivity contribution in [3.05, 3.63) is 59.8 Å². The van der Waals surface area contributed by atoms with Crippen molar-refractivity contribution >= 4 is 0 Å². The lowest BCUT2D eigenvalue weighted by atomic mass is 9.42. The summed E-state index contributed by atoms with van der Waals surface area (Å²) in [5.74, 6) is 4.00. The van der Waals surface area contributed by atoms with Crippen molar-refractivity contribution in [3.8, 4) is 0 Å². The zero-order valence-corrected chi connectivity index (χ0v) is 26.9. The first-order valence-electron chi connectivity index (χ1n) is 15.9. The monoisotopic (exact) mass is 516 g/mol. The average molecular weight is 517 g/mol. The van der Waals surface area contributed by atoms with Crippen LogP contribution in [0.4, 0.5) is 0 Å². The number of hydrogen-bond donors (Lipinski definition) is 0. The highest BCUT2D eigenvalue weighted by atomic mass is 14.7. The summed E-state index contributed by atoms with van der Waals surface area (Å²) < 4.78 is 0. The Morgan fingerprint density at radius 1 is 1.00 bits per heavy atom. The molecule has 2 fully saturated rings. The van der Waals surface area contributed by atoms with E-state index in [1.54, 1.807) is 11.1 Å². The maximum atomic E-state index is 4.57. The van der Waals surface area contributed by atoms with E-state index in [4.69, 9.17) is 0 Å². The highest BCUT2D eigenvalue weighted by Gasteiger charge is 2.65. The number of allylic oxidation sites excluding steroid dienone is 7. The van der Waals surface area contributed by atoms with E-state index >= 15 is 0 Å². The Labute approximate surface area is 237 Å². The van der Waals surface area contributed by atoms with E-state index < -0.39 is 0 Å². The predicted molar refractivity (Wildman–Crippen MR) is 168 cm³/mol. The van der Waals surface area contributed by atoms with Crippen molar-refractivity contribution in [2.24, 2.45) is 57.2 Å². The molecule has 0 heteroatoms. The predicted octanol–water partition coefficient (Wildman–Crippen LogP) is 11.5. The molecule has 2 saturated carbocycles. The average Bonchev–Trinajstić information content (AvgIpc) is 3.01. The molecule has 8 atom stereocenters. The van der Waals surface area contributed by atoms with Crippen molar-refractivity contribution in [3.63, 3.8) is 0 Å². The van der Waals surface area contributed by atoms with Crippen LogP contribution in [0.15, 0.2) is 59.8 Å². The summed E-state index contributed by atoms with van der Waals surface area (Å²) in [4.78, 5) is 0. The summed E-state index contributed by atoms with van der Waals surface area (Å²) in [6.07, 6.45) is 15.5. The summed E-state index contributed by atoms with van der Waals surface area (Å²) in [5, 5.41) is 0. The quantitative estimate of drug-likeness (QED) is 0.281. The Balaban J connectivity index is 1.70. The fraction of sp³-hybridized carbons (Fsp3) is 0.737. The van der Waals surface area contributed by atoms with Gasteiger partial charge in [-0.3, -0.25) is 0 Å². The molecule has 212 valence electrons. The van der Waals surface area contributed by atoms with Gasteiger partial charge < -0.3 is 0 Å². The van der Waals surface area contributed by atoms with Crippen molar-refractivity contribution in [1.82, 2.24) is 0 Å². The molecular formula is C38H60. The molecular weight excluding hydrogens is 456 g/mol. The molecule has 0 heterocycles. The molecule has 0 aromatic rings. The van der Waals surface area contributed by atoms with Gasteiger partial charge in [0.15, 0.2) is 0 Å². The minimum absolute atomic E-state index is 0.247. The van der Waals surface area contributed by atoms with E-state index in [0.29, 0.717) is 34.5 Å². The summed E-state index contributed by atoms with van der Waals surface area (Å²) in [5.41, 5.74) is 8.79. The number of fused-ring (bicyclic) bond motifs is 5. The second-order valence-corrected chi connectivity index (χ2v) is 16.1. The topological polar surface area (TPSA) is 0 Å². The first-order chi connectivity index (χ1) is 17.5. The minimum Gasteiger partial charge on any atom is -0.100 e. The standard InChI is InChI=1S/C38H60/c1-24(2)22-29-18-20-36(11)31-19-21-37(12)34(30(26(5)6)15-14-27(7)25(3)4)28(8)23-38(37,13)32(31)16-17-33(36)35(29,9)10/h16,19,25,28-30,33-34H,1,5,7,14-15,17-18,20-23H2,2-4,6,8-13H3/t28-,29-,30+,33?,34-,36-,37-,38+/m1/s1. The molecule has 4 rings (SSSR count).